The molecule has 0 bridgehead atoms. The lowest BCUT2D eigenvalue weighted by atomic mass is 9.72. The SMILES string of the molecule is CC(C)(C)CC1CNCC(CC(C)(C)CC2CCCCN2)C1. The van der Waals surface area contributed by atoms with Crippen molar-refractivity contribution in [3.63, 3.8) is 0 Å². The summed E-state index contributed by atoms with van der Waals surface area (Å²) in [7, 11) is 0. The Morgan fingerprint density at radius 1 is 0.864 bits per heavy atom. The standard InChI is InChI=1S/C20H40N2/c1-19(2,3)11-16-10-17(15-21-14-16)12-20(4,5)13-18-8-6-7-9-22-18/h16-18,21-22H,6-15H2,1-5H3. The van der Waals surface area contributed by atoms with E-state index in [0.29, 0.717) is 10.8 Å². The summed E-state index contributed by atoms with van der Waals surface area (Å²) in [6, 6.07) is 0.769. The van der Waals surface area contributed by atoms with E-state index in [0.717, 1.165) is 17.9 Å². The van der Waals surface area contributed by atoms with E-state index in [1.54, 1.807) is 0 Å². The molecule has 0 radical (unpaired) electrons. The van der Waals surface area contributed by atoms with Crippen molar-refractivity contribution in [1.29, 1.82) is 0 Å². The summed E-state index contributed by atoms with van der Waals surface area (Å²) in [6.07, 6.45) is 9.72. The lowest BCUT2D eigenvalue weighted by Crippen LogP contribution is -2.41. The lowest BCUT2D eigenvalue weighted by molar-refractivity contribution is 0.149. The minimum absolute atomic E-state index is 0.468. The Morgan fingerprint density at radius 2 is 1.55 bits per heavy atom. The third-order valence-electron chi connectivity index (χ3n) is 5.49. The molecule has 2 aliphatic rings. The molecular formula is C20H40N2. The van der Waals surface area contributed by atoms with Crippen molar-refractivity contribution in [2.24, 2.45) is 22.7 Å². The molecule has 2 heteroatoms. The molecule has 2 saturated heterocycles. The van der Waals surface area contributed by atoms with Crippen LogP contribution in [-0.4, -0.2) is 25.7 Å². The van der Waals surface area contributed by atoms with Crippen molar-refractivity contribution in [2.45, 2.75) is 85.6 Å². The van der Waals surface area contributed by atoms with Gasteiger partial charge in [-0.1, -0.05) is 41.0 Å². The molecule has 0 aromatic rings. The van der Waals surface area contributed by atoms with Gasteiger partial charge in [0.2, 0.25) is 0 Å². The van der Waals surface area contributed by atoms with Gasteiger partial charge in [0.15, 0.2) is 0 Å². The van der Waals surface area contributed by atoms with Crippen molar-refractivity contribution < 1.29 is 0 Å². The van der Waals surface area contributed by atoms with Crippen LogP contribution < -0.4 is 10.6 Å². The molecule has 0 aliphatic carbocycles. The fourth-order valence-electron chi connectivity index (χ4n) is 4.94. The van der Waals surface area contributed by atoms with Gasteiger partial charge in [0.05, 0.1) is 0 Å². The third-order valence-corrected chi connectivity index (χ3v) is 5.49. The zero-order valence-electron chi connectivity index (χ0n) is 15.8. The highest BCUT2D eigenvalue weighted by Gasteiger charge is 2.31. The maximum absolute atomic E-state index is 3.74. The fourth-order valence-corrected chi connectivity index (χ4v) is 4.94. The van der Waals surface area contributed by atoms with Gasteiger partial charge in [-0.2, -0.15) is 0 Å². The summed E-state index contributed by atoms with van der Waals surface area (Å²) in [5, 5.41) is 7.45. The number of hydrogen-bond acceptors (Lipinski definition) is 2. The summed E-state index contributed by atoms with van der Waals surface area (Å²) in [5.41, 5.74) is 0.945. The van der Waals surface area contributed by atoms with Crippen LogP contribution in [0.5, 0.6) is 0 Å². The average molecular weight is 309 g/mol. The van der Waals surface area contributed by atoms with E-state index in [4.69, 9.17) is 0 Å². The summed E-state index contributed by atoms with van der Waals surface area (Å²) >= 11 is 0. The molecule has 0 spiro atoms. The van der Waals surface area contributed by atoms with Crippen LogP contribution in [0, 0.1) is 22.7 Å². The molecule has 2 nitrogen and oxygen atoms in total. The van der Waals surface area contributed by atoms with E-state index in [9.17, 15) is 0 Å². The van der Waals surface area contributed by atoms with Crippen LogP contribution in [0.3, 0.4) is 0 Å². The summed E-state index contributed by atoms with van der Waals surface area (Å²) < 4.78 is 0. The monoisotopic (exact) mass is 308 g/mol. The molecule has 130 valence electrons. The first-order valence-electron chi connectivity index (χ1n) is 9.68. The molecule has 0 aromatic carbocycles. The van der Waals surface area contributed by atoms with Crippen molar-refractivity contribution in [3.05, 3.63) is 0 Å². The van der Waals surface area contributed by atoms with Crippen LogP contribution in [0.1, 0.15) is 79.6 Å². The van der Waals surface area contributed by atoms with Crippen molar-refractivity contribution in [1.82, 2.24) is 10.6 Å². The average Bonchev–Trinajstić information content (AvgIpc) is 2.36. The van der Waals surface area contributed by atoms with Gasteiger partial charge in [-0.25, -0.2) is 0 Å². The Kier molecular flexibility index (Phi) is 6.36. The number of hydrogen-bond donors (Lipinski definition) is 2. The van der Waals surface area contributed by atoms with Gasteiger partial charge in [0.1, 0.15) is 0 Å². The van der Waals surface area contributed by atoms with Crippen LogP contribution in [0.2, 0.25) is 0 Å². The zero-order chi connectivity index (χ0) is 16.2. The van der Waals surface area contributed by atoms with Crippen molar-refractivity contribution in [2.75, 3.05) is 19.6 Å². The molecule has 0 aromatic heterocycles. The minimum Gasteiger partial charge on any atom is -0.316 e. The Balaban J connectivity index is 1.80. The molecule has 3 atom stereocenters. The van der Waals surface area contributed by atoms with Crippen molar-refractivity contribution >= 4 is 0 Å². The van der Waals surface area contributed by atoms with Crippen LogP contribution in [0.4, 0.5) is 0 Å². The maximum atomic E-state index is 3.74. The summed E-state index contributed by atoms with van der Waals surface area (Å²) in [5.74, 6) is 1.75. The van der Waals surface area contributed by atoms with E-state index in [2.05, 4.69) is 45.3 Å². The van der Waals surface area contributed by atoms with E-state index in [1.807, 2.05) is 0 Å². The zero-order valence-corrected chi connectivity index (χ0v) is 15.8. The molecule has 2 N–H and O–H groups in total. The Hall–Kier alpha value is -0.0800. The molecule has 2 aliphatic heterocycles. The van der Waals surface area contributed by atoms with E-state index >= 15 is 0 Å². The molecular weight excluding hydrogens is 268 g/mol. The Morgan fingerprint density at radius 3 is 2.14 bits per heavy atom. The summed E-state index contributed by atoms with van der Waals surface area (Å²) in [6.45, 7) is 15.9. The lowest BCUT2D eigenvalue weighted by Gasteiger charge is -2.39. The van der Waals surface area contributed by atoms with Gasteiger partial charge in [-0.05, 0) is 80.8 Å². The van der Waals surface area contributed by atoms with Crippen molar-refractivity contribution in [3.8, 4) is 0 Å². The fraction of sp³-hybridized carbons (Fsp3) is 1.00. The number of piperidine rings is 2. The second-order valence-corrected chi connectivity index (χ2v) is 10.1. The van der Waals surface area contributed by atoms with E-state index in [-0.39, 0.29) is 0 Å². The first-order valence-corrected chi connectivity index (χ1v) is 9.68. The summed E-state index contributed by atoms with van der Waals surface area (Å²) in [4.78, 5) is 0. The Labute approximate surface area is 139 Å². The first kappa shape index (κ1) is 18.3. The smallest absolute Gasteiger partial charge is 0.00721 e. The topological polar surface area (TPSA) is 24.1 Å². The van der Waals surface area contributed by atoms with Gasteiger partial charge < -0.3 is 10.6 Å². The van der Waals surface area contributed by atoms with E-state index < -0.39 is 0 Å². The van der Waals surface area contributed by atoms with Gasteiger partial charge >= 0.3 is 0 Å². The number of rotatable bonds is 5. The molecule has 2 fully saturated rings. The molecule has 3 unspecified atom stereocenters. The van der Waals surface area contributed by atoms with Gasteiger partial charge in [-0.3, -0.25) is 0 Å². The Bertz CT molecular complexity index is 323. The second-order valence-electron chi connectivity index (χ2n) is 10.1. The largest absolute Gasteiger partial charge is 0.316 e. The quantitative estimate of drug-likeness (QED) is 0.776. The molecule has 2 rings (SSSR count). The molecule has 2 heterocycles. The highest BCUT2D eigenvalue weighted by atomic mass is 14.9. The highest BCUT2D eigenvalue weighted by Crippen LogP contribution is 2.37. The maximum Gasteiger partial charge on any atom is 0.00721 e. The third kappa shape index (κ3) is 6.58. The van der Waals surface area contributed by atoms with Crippen LogP contribution >= 0.6 is 0 Å². The van der Waals surface area contributed by atoms with Gasteiger partial charge in [0, 0.05) is 6.04 Å². The molecule has 0 saturated carbocycles. The highest BCUT2D eigenvalue weighted by molar-refractivity contribution is 4.86. The molecule has 22 heavy (non-hydrogen) atoms. The first-order chi connectivity index (χ1) is 10.2. The molecule has 0 amide bonds. The minimum atomic E-state index is 0.468. The number of nitrogens with one attached hydrogen (secondary N) is 2. The van der Waals surface area contributed by atoms with Crippen LogP contribution in [0.15, 0.2) is 0 Å². The predicted octanol–water partition coefficient (Wildman–Crippen LogP) is 4.60. The van der Waals surface area contributed by atoms with Gasteiger partial charge in [-0.15, -0.1) is 0 Å². The predicted molar refractivity (Wildman–Crippen MR) is 97.2 cm³/mol. The van der Waals surface area contributed by atoms with E-state index in [1.165, 1.54) is 64.6 Å². The van der Waals surface area contributed by atoms with Crippen LogP contribution in [-0.2, 0) is 0 Å². The normalized spacial score (nSPS) is 31.2. The second kappa shape index (κ2) is 7.66. The van der Waals surface area contributed by atoms with Crippen LogP contribution in [0.25, 0.3) is 0 Å². The van der Waals surface area contributed by atoms with Gasteiger partial charge in [0.25, 0.3) is 0 Å².